The molecule has 12 heavy (non-hydrogen) atoms. The van der Waals surface area contributed by atoms with E-state index < -0.39 is 11.6 Å². The number of benzene rings is 1. The van der Waals surface area contributed by atoms with Crippen LogP contribution in [0.5, 0.6) is 0 Å². The van der Waals surface area contributed by atoms with Crippen molar-refractivity contribution in [2.75, 3.05) is 0 Å². The third-order valence-electron chi connectivity index (χ3n) is 2.30. The van der Waals surface area contributed by atoms with Crippen LogP contribution in [0.25, 0.3) is 0 Å². The van der Waals surface area contributed by atoms with Crippen molar-refractivity contribution in [1.29, 1.82) is 0 Å². The molecule has 0 spiro atoms. The van der Waals surface area contributed by atoms with Gasteiger partial charge in [-0.2, -0.15) is 0 Å². The molecule has 0 radical (unpaired) electrons. The smallest absolute Gasteiger partial charge is 0.129 e. The molecule has 2 rings (SSSR count). The molecule has 0 amide bonds. The average molecular weight is 169 g/mol. The zero-order valence-electron chi connectivity index (χ0n) is 6.48. The van der Waals surface area contributed by atoms with Gasteiger partial charge < -0.3 is 5.73 Å². The fourth-order valence-corrected chi connectivity index (χ4v) is 1.67. The van der Waals surface area contributed by atoms with Crippen molar-refractivity contribution in [2.45, 2.75) is 18.9 Å². The fourth-order valence-electron chi connectivity index (χ4n) is 1.67. The van der Waals surface area contributed by atoms with E-state index in [2.05, 4.69) is 0 Å². The second kappa shape index (κ2) is 2.52. The van der Waals surface area contributed by atoms with Crippen LogP contribution < -0.4 is 5.73 Å². The Hall–Kier alpha value is -0.960. The highest BCUT2D eigenvalue weighted by atomic mass is 19.1. The van der Waals surface area contributed by atoms with Gasteiger partial charge in [-0.25, -0.2) is 8.78 Å². The molecule has 0 saturated heterocycles. The number of hydrogen-bond donors (Lipinski definition) is 1. The first kappa shape index (κ1) is 7.68. The Morgan fingerprint density at radius 3 is 2.83 bits per heavy atom. The minimum atomic E-state index is -0.538. The number of fused-ring (bicyclic) bond motifs is 1. The largest absolute Gasteiger partial charge is 0.324 e. The molecule has 1 atom stereocenters. The molecule has 0 heterocycles. The molecule has 64 valence electrons. The minimum absolute atomic E-state index is 0.190. The van der Waals surface area contributed by atoms with Crippen LogP contribution in [0.3, 0.4) is 0 Å². The zero-order chi connectivity index (χ0) is 8.72. The molecule has 2 N–H and O–H groups in total. The Kier molecular flexibility index (Phi) is 1.61. The Balaban J connectivity index is 2.60. The Morgan fingerprint density at radius 2 is 2.08 bits per heavy atom. The molecule has 1 aromatic carbocycles. The van der Waals surface area contributed by atoms with Crippen LogP contribution in [0.2, 0.25) is 0 Å². The van der Waals surface area contributed by atoms with Crippen molar-refractivity contribution < 1.29 is 8.78 Å². The molecule has 1 aliphatic carbocycles. The van der Waals surface area contributed by atoms with Crippen LogP contribution in [0.1, 0.15) is 23.6 Å². The first-order valence-corrected chi connectivity index (χ1v) is 3.92. The molecule has 1 nitrogen and oxygen atoms in total. The van der Waals surface area contributed by atoms with Gasteiger partial charge in [0.05, 0.1) is 0 Å². The minimum Gasteiger partial charge on any atom is -0.324 e. The normalized spacial score (nSPS) is 21.1. The van der Waals surface area contributed by atoms with Crippen LogP contribution in [0, 0.1) is 11.6 Å². The summed E-state index contributed by atoms with van der Waals surface area (Å²) in [6.45, 7) is 0. The van der Waals surface area contributed by atoms with E-state index in [0.29, 0.717) is 17.5 Å². The highest BCUT2D eigenvalue weighted by Crippen LogP contribution is 2.31. The molecule has 1 aromatic rings. The van der Waals surface area contributed by atoms with Crippen molar-refractivity contribution >= 4 is 0 Å². The summed E-state index contributed by atoms with van der Waals surface area (Å²) in [4.78, 5) is 0. The summed E-state index contributed by atoms with van der Waals surface area (Å²) in [7, 11) is 0. The summed E-state index contributed by atoms with van der Waals surface area (Å²) >= 11 is 0. The van der Waals surface area contributed by atoms with E-state index >= 15 is 0 Å². The zero-order valence-corrected chi connectivity index (χ0v) is 6.48. The first-order valence-electron chi connectivity index (χ1n) is 3.92. The maximum Gasteiger partial charge on any atom is 0.129 e. The monoisotopic (exact) mass is 169 g/mol. The highest BCUT2D eigenvalue weighted by molar-refractivity contribution is 5.35. The van der Waals surface area contributed by atoms with Crippen molar-refractivity contribution in [1.82, 2.24) is 0 Å². The lowest BCUT2D eigenvalue weighted by molar-refractivity contribution is 0.573. The molecule has 0 saturated carbocycles. The summed E-state index contributed by atoms with van der Waals surface area (Å²) in [6.07, 6.45) is 1.35. The van der Waals surface area contributed by atoms with Gasteiger partial charge in [0.1, 0.15) is 11.6 Å². The molecule has 0 fully saturated rings. The molecule has 0 aliphatic heterocycles. The van der Waals surface area contributed by atoms with Crippen molar-refractivity contribution in [3.63, 3.8) is 0 Å². The molecule has 1 aliphatic rings. The van der Waals surface area contributed by atoms with E-state index in [-0.39, 0.29) is 6.04 Å². The van der Waals surface area contributed by atoms with E-state index in [1.165, 1.54) is 6.07 Å². The van der Waals surface area contributed by atoms with Gasteiger partial charge in [-0.15, -0.1) is 0 Å². The molecule has 0 aromatic heterocycles. The second-order valence-electron chi connectivity index (χ2n) is 3.10. The third kappa shape index (κ3) is 1.01. The van der Waals surface area contributed by atoms with Crippen LogP contribution in [0.15, 0.2) is 12.1 Å². The van der Waals surface area contributed by atoms with Gasteiger partial charge in [-0.3, -0.25) is 0 Å². The van der Waals surface area contributed by atoms with Crippen LogP contribution in [-0.2, 0) is 6.42 Å². The molecular weight excluding hydrogens is 160 g/mol. The predicted molar refractivity (Wildman–Crippen MR) is 41.6 cm³/mol. The summed E-state index contributed by atoms with van der Waals surface area (Å²) < 4.78 is 25.7. The summed E-state index contributed by atoms with van der Waals surface area (Å²) in [5.41, 5.74) is 6.87. The van der Waals surface area contributed by atoms with Crippen molar-refractivity contribution in [3.05, 3.63) is 34.9 Å². The van der Waals surface area contributed by atoms with Crippen molar-refractivity contribution in [2.24, 2.45) is 5.73 Å². The standard InChI is InChI=1S/C9H9F2N/c10-5-3-7-6(8(11)4-5)1-2-9(7)12/h3-4,9H,1-2,12H2/t9-/m0/s1. The van der Waals surface area contributed by atoms with E-state index in [1.807, 2.05) is 0 Å². The topological polar surface area (TPSA) is 26.0 Å². The van der Waals surface area contributed by atoms with Gasteiger partial charge in [0.25, 0.3) is 0 Å². The maximum absolute atomic E-state index is 13.0. The van der Waals surface area contributed by atoms with Crippen LogP contribution in [0.4, 0.5) is 8.78 Å². The van der Waals surface area contributed by atoms with Crippen molar-refractivity contribution in [3.8, 4) is 0 Å². The van der Waals surface area contributed by atoms with Gasteiger partial charge in [0, 0.05) is 12.1 Å². The van der Waals surface area contributed by atoms with Gasteiger partial charge in [0.15, 0.2) is 0 Å². The van der Waals surface area contributed by atoms with Gasteiger partial charge in [-0.1, -0.05) is 0 Å². The molecular formula is C9H9F2N. The Bertz CT molecular complexity index is 323. The lowest BCUT2D eigenvalue weighted by Gasteiger charge is -2.04. The summed E-state index contributed by atoms with van der Waals surface area (Å²) in [5, 5.41) is 0. The van der Waals surface area contributed by atoms with Gasteiger partial charge >= 0.3 is 0 Å². The number of rotatable bonds is 0. The number of halogens is 2. The Labute approximate surface area is 69.2 Å². The van der Waals surface area contributed by atoms with Gasteiger partial charge in [-0.05, 0) is 30.0 Å². The SMILES string of the molecule is N[C@H]1CCc2c(F)cc(F)cc21. The molecule has 0 unspecified atom stereocenters. The first-order chi connectivity index (χ1) is 5.68. The lowest BCUT2D eigenvalue weighted by atomic mass is 10.1. The van der Waals surface area contributed by atoms with E-state index in [0.717, 1.165) is 12.5 Å². The quantitative estimate of drug-likeness (QED) is 0.630. The molecule has 3 heteroatoms. The summed E-state index contributed by atoms with van der Waals surface area (Å²) in [6, 6.07) is 2.05. The second-order valence-corrected chi connectivity index (χ2v) is 3.10. The third-order valence-corrected chi connectivity index (χ3v) is 2.30. The average Bonchev–Trinajstić information content (AvgIpc) is 2.33. The van der Waals surface area contributed by atoms with Crippen LogP contribution >= 0.6 is 0 Å². The van der Waals surface area contributed by atoms with Crippen LogP contribution in [-0.4, -0.2) is 0 Å². The fraction of sp³-hybridized carbons (Fsp3) is 0.333. The number of hydrogen-bond acceptors (Lipinski definition) is 1. The van der Waals surface area contributed by atoms with E-state index in [1.54, 1.807) is 0 Å². The highest BCUT2D eigenvalue weighted by Gasteiger charge is 2.22. The Morgan fingerprint density at radius 1 is 1.33 bits per heavy atom. The van der Waals surface area contributed by atoms with Gasteiger partial charge in [0.2, 0.25) is 0 Å². The summed E-state index contributed by atoms with van der Waals surface area (Å²) in [5.74, 6) is -0.999. The lowest BCUT2D eigenvalue weighted by Crippen LogP contribution is -2.05. The number of nitrogens with two attached hydrogens (primary N) is 1. The van der Waals surface area contributed by atoms with E-state index in [9.17, 15) is 8.78 Å². The van der Waals surface area contributed by atoms with E-state index in [4.69, 9.17) is 5.73 Å². The molecule has 0 bridgehead atoms. The maximum atomic E-state index is 13.0. The predicted octanol–water partition coefficient (Wildman–Crippen LogP) is 1.91.